The molecular formula is C15H30N2O2S. The molecule has 0 saturated carbocycles. The molecule has 0 radical (unpaired) electrons. The van der Waals surface area contributed by atoms with Gasteiger partial charge >= 0.3 is 0 Å². The minimum atomic E-state index is -2.83. The van der Waals surface area contributed by atoms with E-state index in [0.29, 0.717) is 29.5 Å². The molecule has 118 valence electrons. The number of nitrogens with one attached hydrogen (secondary N) is 1. The molecule has 2 saturated heterocycles. The van der Waals surface area contributed by atoms with Crippen molar-refractivity contribution in [1.29, 1.82) is 0 Å². The lowest BCUT2D eigenvalue weighted by molar-refractivity contribution is 0.00834. The van der Waals surface area contributed by atoms with Crippen LogP contribution in [0.4, 0.5) is 0 Å². The first kappa shape index (κ1) is 16.2. The molecule has 5 heteroatoms. The van der Waals surface area contributed by atoms with Crippen molar-refractivity contribution in [3.05, 3.63) is 0 Å². The highest BCUT2D eigenvalue weighted by molar-refractivity contribution is 7.91. The summed E-state index contributed by atoms with van der Waals surface area (Å²) in [5.41, 5.74) is -0.151. The summed E-state index contributed by atoms with van der Waals surface area (Å²) in [5.74, 6) is 1.26. The molecule has 20 heavy (non-hydrogen) atoms. The Kier molecular flexibility index (Phi) is 4.82. The Bertz CT molecular complexity index is 437. The Labute approximate surface area is 124 Å². The molecule has 2 aliphatic heterocycles. The van der Waals surface area contributed by atoms with Crippen LogP contribution < -0.4 is 5.32 Å². The number of hydrogen-bond donors (Lipinski definition) is 1. The van der Waals surface area contributed by atoms with Gasteiger partial charge in [0.15, 0.2) is 9.84 Å². The van der Waals surface area contributed by atoms with Crippen LogP contribution in [-0.4, -0.2) is 55.5 Å². The van der Waals surface area contributed by atoms with Crippen LogP contribution in [-0.2, 0) is 9.84 Å². The molecule has 4 nitrogen and oxygen atoms in total. The van der Waals surface area contributed by atoms with Crippen molar-refractivity contribution in [2.75, 3.05) is 24.6 Å². The van der Waals surface area contributed by atoms with Crippen LogP contribution in [0.15, 0.2) is 0 Å². The van der Waals surface area contributed by atoms with Gasteiger partial charge in [-0.3, -0.25) is 4.90 Å². The fourth-order valence-electron chi connectivity index (χ4n) is 3.96. The van der Waals surface area contributed by atoms with Gasteiger partial charge in [-0.2, -0.15) is 0 Å². The Morgan fingerprint density at radius 2 is 2.05 bits per heavy atom. The van der Waals surface area contributed by atoms with Gasteiger partial charge in [-0.25, -0.2) is 8.42 Å². The van der Waals surface area contributed by atoms with E-state index >= 15 is 0 Å². The van der Waals surface area contributed by atoms with Crippen molar-refractivity contribution in [1.82, 2.24) is 10.2 Å². The standard InChI is InChI=1S/C15H30N2O2S/c1-5-8-16-14-6-9-17(13(3)12(14)2)15(4)7-10-20(18,19)11-15/h12-14,16H,5-11H2,1-4H3. The average molecular weight is 302 g/mol. The van der Waals surface area contributed by atoms with E-state index in [1.54, 1.807) is 0 Å². The van der Waals surface area contributed by atoms with Crippen LogP contribution in [0.1, 0.15) is 47.0 Å². The SMILES string of the molecule is CCCNC1CCN(C2(C)CCS(=O)(=O)C2)C(C)C1C. The summed E-state index contributed by atoms with van der Waals surface area (Å²) in [6.07, 6.45) is 3.08. The van der Waals surface area contributed by atoms with E-state index < -0.39 is 9.84 Å². The lowest BCUT2D eigenvalue weighted by atomic mass is 9.83. The van der Waals surface area contributed by atoms with Gasteiger partial charge in [0, 0.05) is 24.2 Å². The van der Waals surface area contributed by atoms with E-state index in [1.165, 1.54) is 0 Å². The second kappa shape index (κ2) is 5.93. The highest BCUT2D eigenvalue weighted by Crippen LogP contribution is 2.36. The fraction of sp³-hybridized carbons (Fsp3) is 1.00. The summed E-state index contributed by atoms with van der Waals surface area (Å²) in [7, 11) is -2.83. The predicted octanol–water partition coefficient (Wildman–Crippen LogP) is 1.66. The molecule has 0 aromatic carbocycles. The highest BCUT2D eigenvalue weighted by atomic mass is 32.2. The van der Waals surface area contributed by atoms with Crippen molar-refractivity contribution < 1.29 is 8.42 Å². The maximum atomic E-state index is 11.8. The van der Waals surface area contributed by atoms with E-state index in [0.717, 1.165) is 32.4 Å². The molecule has 0 aliphatic carbocycles. The second-order valence-electron chi connectivity index (χ2n) is 6.98. The van der Waals surface area contributed by atoms with E-state index in [2.05, 4.69) is 37.9 Å². The molecule has 1 N–H and O–H groups in total. The number of sulfone groups is 1. The van der Waals surface area contributed by atoms with Gasteiger partial charge in [-0.1, -0.05) is 13.8 Å². The Hall–Kier alpha value is -0.130. The van der Waals surface area contributed by atoms with Crippen molar-refractivity contribution in [2.45, 2.75) is 64.6 Å². The van der Waals surface area contributed by atoms with Gasteiger partial charge in [-0.05, 0) is 45.6 Å². The summed E-state index contributed by atoms with van der Waals surface area (Å²) in [6, 6.07) is 1.01. The minimum Gasteiger partial charge on any atom is -0.314 e. The second-order valence-corrected chi connectivity index (χ2v) is 9.17. The molecule has 0 amide bonds. The molecule has 4 unspecified atom stereocenters. The summed E-state index contributed by atoms with van der Waals surface area (Å²) in [4.78, 5) is 2.46. The Morgan fingerprint density at radius 1 is 1.35 bits per heavy atom. The number of nitrogens with zero attached hydrogens (tertiary/aromatic N) is 1. The fourth-order valence-corrected chi connectivity index (χ4v) is 6.12. The zero-order valence-electron chi connectivity index (χ0n) is 13.4. The number of hydrogen-bond acceptors (Lipinski definition) is 4. The van der Waals surface area contributed by atoms with Crippen LogP contribution in [0.5, 0.6) is 0 Å². The molecule has 0 aromatic rings. The molecule has 2 aliphatic rings. The molecule has 2 heterocycles. The molecule has 0 bridgehead atoms. The monoisotopic (exact) mass is 302 g/mol. The number of likely N-dealkylation sites (tertiary alicyclic amines) is 1. The topological polar surface area (TPSA) is 49.4 Å². The van der Waals surface area contributed by atoms with Crippen LogP contribution >= 0.6 is 0 Å². The van der Waals surface area contributed by atoms with Crippen molar-refractivity contribution >= 4 is 9.84 Å². The van der Waals surface area contributed by atoms with Gasteiger partial charge in [0.05, 0.1) is 11.5 Å². The van der Waals surface area contributed by atoms with Crippen LogP contribution in [0.25, 0.3) is 0 Å². The van der Waals surface area contributed by atoms with Gasteiger partial charge in [0.25, 0.3) is 0 Å². The van der Waals surface area contributed by atoms with Crippen molar-refractivity contribution in [3.63, 3.8) is 0 Å². The summed E-state index contributed by atoms with van der Waals surface area (Å²) in [6.45, 7) is 11.0. The van der Waals surface area contributed by atoms with Crippen molar-refractivity contribution in [2.24, 2.45) is 5.92 Å². The van der Waals surface area contributed by atoms with Crippen LogP contribution in [0, 0.1) is 5.92 Å². The highest BCUT2D eigenvalue weighted by Gasteiger charge is 2.47. The first-order valence-corrected chi connectivity index (χ1v) is 9.82. The molecule has 0 spiro atoms. The summed E-state index contributed by atoms with van der Waals surface area (Å²) in [5, 5.41) is 3.65. The predicted molar refractivity (Wildman–Crippen MR) is 83.7 cm³/mol. The lowest BCUT2D eigenvalue weighted by Gasteiger charge is -2.50. The smallest absolute Gasteiger partial charge is 0.152 e. The quantitative estimate of drug-likeness (QED) is 0.858. The normalized spacial score (nSPS) is 41.9. The van der Waals surface area contributed by atoms with Gasteiger partial charge < -0.3 is 5.32 Å². The maximum absolute atomic E-state index is 11.8. The van der Waals surface area contributed by atoms with Crippen LogP contribution in [0.2, 0.25) is 0 Å². The number of piperidine rings is 1. The molecule has 2 fully saturated rings. The summed E-state index contributed by atoms with van der Waals surface area (Å²) >= 11 is 0. The molecule has 4 atom stereocenters. The van der Waals surface area contributed by atoms with Gasteiger partial charge in [0.1, 0.15) is 0 Å². The van der Waals surface area contributed by atoms with E-state index in [9.17, 15) is 8.42 Å². The van der Waals surface area contributed by atoms with Crippen LogP contribution in [0.3, 0.4) is 0 Å². The maximum Gasteiger partial charge on any atom is 0.152 e. The summed E-state index contributed by atoms with van der Waals surface area (Å²) < 4.78 is 23.7. The Balaban J connectivity index is 2.05. The molecular weight excluding hydrogens is 272 g/mol. The van der Waals surface area contributed by atoms with E-state index in [-0.39, 0.29) is 5.54 Å². The molecule has 2 rings (SSSR count). The minimum absolute atomic E-state index is 0.151. The molecule has 0 aromatic heterocycles. The third-order valence-corrected chi connectivity index (χ3v) is 7.29. The lowest BCUT2D eigenvalue weighted by Crippen LogP contribution is -2.61. The van der Waals surface area contributed by atoms with Gasteiger partial charge in [0.2, 0.25) is 0 Å². The van der Waals surface area contributed by atoms with Crippen molar-refractivity contribution in [3.8, 4) is 0 Å². The number of rotatable bonds is 4. The largest absolute Gasteiger partial charge is 0.314 e. The zero-order chi connectivity index (χ0) is 15.0. The zero-order valence-corrected chi connectivity index (χ0v) is 14.2. The Morgan fingerprint density at radius 3 is 2.60 bits per heavy atom. The van der Waals surface area contributed by atoms with E-state index in [4.69, 9.17) is 0 Å². The van der Waals surface area contributed by atoms with E-state index in [1.807, 2.05) is 0 Å². The first-order chi connectivity index (χ1) is 9.29. The third kappa shape index (κ3) is 3.20. The van der Waals surface area contributed by atoms with Gasteiger partial charge in [-0.15, -0.1) is 0 Å². The third-order valence-electron chi connectivity index (χ3n) is 5.40. The first-order valence-electron chi connectivity index (χ1n) is 7.99. The average Bonchev–Trinajstić information content (AvgIpc) is 2.66.